The fourth-order valence-corrected chi connectivity index (χ4v) is 2.90. The molecule has 2 atom stereocenters. The standard InChI is InChI=1S/C15H24N4O.ClH/c1-3-13-12(8-10(2)18-19-13)15(20)17-14-7-5-4-6-11(14)9-16;/h8,11,14H,3-7,9,16H2,1-2H3,(H,17,20);1H. The number of nitrogens with zero attached hydrogens (tertiary/aromatic N) is 2. The predicted molar refractivity (Wildman–Crippen MR) is 85.7 cm³/mol. The summed E-state index contributed by atoms with van der Waals surface area (Å²) in [5, 5.41) is 11.3. The Morgan fingerprint density at radius 2 is 2.10 bits per heavy atom. The van der Waals surface area contributed by atoms with E-state index in [0.717, 1.165) is 30.7 Å². The molecule has 0 spiro atoms. The number of halogens is 1. The van der Waals surface area contributed by atoms with Crippen molar-refractivity contribution in [2.24, 2.45) is 11.7 Å². The van der Waals surface area contributed by atoms with Gasteiger partial charge >= 0.3 is 0 Å². The van der Waals surface area contributed by atoms with Crippen molar-refractivity contribution in [1.29, 1.82) is 0 Å². The summed E-state index contributed by atoms with van der Waals surface area (Å²) in [6.45, 7) is 4.48. The highest BCUT2D eigenvalue weighted by molar-refractivity contribution is 5.95. The van der Waals surface area contributed by atoms with Gasteiger partial charge in [-0.3, -0.25) is 4.79 Å². The minimum absolute atomic E-state index is 0. The molecule has 1 aromatic rings. The van der Waals surface area contributed by atoms with E-state index in [4.69, 9.17) is 5.73 Å². The van der Waals surface area contributed by atoms with E-state index in [0.29, 0.717) is 24.4 Å². The molecule has 3 N–H and O–H groups in total. The Labute approximate surface area is 132 Å². The maximum Gasteiger partial charge on any atom is 0.253 e. The number of nitrogens with one attached hydrogen (secondary N) is 1. The lowest BCUT2D eigenvalue weighted by Gasteiger charge is -2.31. The number of carbonyl (C=O) groups is 1. The van der Waals surface area contributed by atoms with Gasteiger partial charge in [0.05, 0.1) is 17.0 Å². The van der Waals surface area contributed by atoms with Crippen molar-refractivity contribution in [1.82, 2.24) is 15.5 Å². The third-order valence-electron chi connectivity index (χ3n) is 4.10. The summed E-state index contributed by atoms with van der Waals surface area (Å²) in [7, 11) is 0. The van der Waals surface area contributed by atoms with Gasteiger partial charge in [0.2, 0.25) is 0 Å². The zero-order valence-corrected chi connectivity index (χ0v) is 13.6. The number of carbonyl (C=O) groups excluding carboxylic acids is 1. The van der Waals surface area contributed by atoms with Crippen LogP contribution in [0.1, 0.15) is 54.4 Å². The summed E-state index contributed by atoms with van der Waals surface area (Å²) in [6.07, 6.45) is 5.21. The molecule has 0 aromatic carbocycles. The third-order valence-corrected chi connectivity index (χ3v) is 4.10. The molecule has 1 aliphatic rings. The minimum Gasteiger partial charge on any atom is -0.349 e. The highest BCUT2D eigenvalue weighted by Gasteiger charge is 2.26. The number of aryl methyl sites for hydroxylation is 2. The van der Waals surface area contributed by atoms with Crippen LogP contribution in [-0.2, 0) is 6.42 Å². The van der Waals surface area contributed by atoms with Crippen molar-refractivity contribution in [2.75, 3.05) is 6.54 Å². The van der Waals surface area contributed by atoms with Crippen LogP contribution < -0.4 is 11.1 Å². The average Bonchev–Trinajstić information content (AvgIpc) is 2.47. The van der Waals surface area contributed by atoms with Crippen molar-refractivity contribution >= 4 is 18.3 Å². The fourth-order valence-electron chi connectivity index (χ4n) is 2.90. The molecule has 21 heavy (non-hydrogen) atoms. The number of aromatic nitrogens is 2. The van der Waals surface area contributed by atoms with E-state index < -0.39 is 0 Å². The van der Waals surface area contributed by atoms with Crippen LogP contribution in [0, 0.1) is 12.8 Å². The lowest BCUT2D eigenvalue weighted by atomic mass is 9.84. The highest BCUT2D eigenvalue weighted by Crippen LogP contribution is 2.24. The van der Waals surface area contributed by atoms with Gasteiger partial charge in [0, 0.05) is 6.04 Å². The number of hydrogen-bond donors (Lipinski definition) is 2. The molecule has 6 heteroatoms. The van der Waals surface area contributed by atoms with Crippen LogP contribution in [0.5, 0.6) is 0 Å². The molecule has 118 valence electrons. The van der Waals surface area contributed by atoms with Gasteiger partial charge in [-0.05, 0) is 44.7 Å². The summed E-state index contributed by atoms with van der Waals surface area (Å²) in [4.78, 5) is 12.5. The number of amides is 1. The van der Waals surface area contributed by atoms with Crippen molar-refractivity contribution < 1.29 is 4.79 Å². The topological polar surface area (TPSA) is 80.9 Å². The Bertz CT molecular complexity index is 481. The Morgan fingerprint density at radius 3 is 2.76 bits per heavy atom. The molecule has 1 fully saturated rings. The van der Waals surface area contributed by atoms with Crippen LogP contribution in [0.25, 0.3) is 0 Å². The zero-order chi connectivity index (χ0) is 14.5. The van der Waals surface area contributed by atoms with E-state index in [2.05, 4.69) is 15.5 Å². The van der Waals surface area contributed by atoms with E-state index in [1.807, 2.05) is 19.9 Å². The summed E-state index contributed by atoms with van der Waals surface area (Å²) < 4.78 is 0. The molecular weight excluding hydrogens is 288 g/mol. The van der Waals surface area contributed by atoms with Gasteiger partial charge in [-0.1, -0.05) is 19.8 Å². The van der Waals surface area contributed by atoms with Crippen LogP contribution in [0.2, 0.25) is 0 Å². The van der Waals surface area contributed by atoms with E-state index in [-0.39, 0.29) is 24.4 Å². The van der Waals surface area contributed by atoms with Crippen molar-refractivity contribution in [3.8, 4) is 0 Å². The van der Waals surface area contributed by atoms with Crippen LogP contribution in [0.4, 0.5) is 0 Å². The number of rotatable bonds is 4. The van der Waals surface area contributed by atoms with Crippen molar-refractivity contribution in [2.45, 2.75) is 52.0 Å². The smallest absolute Gasteiger partial charge is 0.253 e. The monoisotopic (exact) mass is 312 g/mol. The Morgan fingerprint density at radius 1 is 1.38 bits per heavy atom. The molecule has 5 nitrogen and oxygen atoms in total. The fraction of sp³-hybridized carbons (Fsp3) is 0.667. The molecule has 1 amide bonds. The Balaban J connectivity index is 0.00000220. The van der Waals surface area contributed by atoms with Crippen LogP contribution in [0.3, 0.4) is 0 Å². The first-order valence-corrected chi connectivity index (χ1v) is 7.49. The average molecular weight is 313 g/mol. The van der Waals surface area contributed by atoms with Gasteiger partial charge in [0.25, 0.3) is 5.91 Å². The van der Waals surface area contributed by atoms with E-state index >= 15 is 0 Å². The minimum atomic E-state index is -0.0369. The van der Waals surface area contributed by atoms with Gasteiger partial charge in [0.1, 0.15) is 0 Å². The van der Waals surface area contributed by atoms with Crippen molar-refractivity contribution in [3.05, 3.63) is 23.0 Å². The van der Waals surface area contributed by atoms with E-state index in [1.165, 1.54) is 6.42 Å². The highest BCUT2D eigenvalue weighted by atomic mass is 35.5. The molecule has 0 radical (unpaired) electrons. The molecule has 1 aliphatic carbocycles. The first-order valence-electron chi connectivity index (χ1n) is 7.49. The van der Waals surface area contributed by atoms with Crippen LogP contribution in [0.15, 0.2) is 6.07 Å². The van der Waals surface area contributed by atoms with Crippen LogP contribution >= 0.6 is 12.4 Å². The molecule has 0 aliphatic heterocycles. The molecule has 2 unspecified atom stereocenters. The van der Waals surface area contributed by atoms with Crippen molar-refractivity contribution in [3.63, 3.8) is 0 Å². The maximum atomic E-state index is 12.5. The van der Waals surface area contributed by atoms with Gasteiger partial charge < -0.3 is 11.1 Å². The summed E-state index contributed by atoms with van der Waals surface area (Å²) in [5.41, 5.74) is 8.00. The lowest BCUT2D eigenvalue weighted by Crippen LogP contribution is -2.45. The second-order valence-electron chi connectivity index (χ2n) is 5.56. The summed E-state index contributed by atoms with van der Waals surface area (Å²) in [6, 6.07) is 2.01. The molecule has 1 saturated carbocycles. The Hall–Kier alpha value is -1.20. The first kappa shape index (κ1) is 17.9. The third kappa shape index (κ3) is 4.38. The molecule has 2 rings (SSSR count). The molecule has 1 heterocycles. The summed E-state index contributed by atoms with van der Waals surface area (Å²) in [5.74, 6) is 0.360. The molecular formula is C15H25ClN4O. The van der Waals surface area contributed by atoms with E-state index in [9.17, 15) is 4.79 Å². The van der Waals surface area contributed by atoms with E-state index in [1.54, 1.807) is 0 Å². The normalized spacial score (nSPS) is 21.5. The number of nitrogens with two attached hydrogens (primary N) is 1. The first-order chi connectivity index (χ1) is 9.65. The molecule has 1 aromatic heterocycles. The largest absolute Gasteiger partial charge is 0.349 e. The summed E-state index contributed by atoms with van der Waals surface area (Å²) >= 11 is 0. The van der Waals surface area contributed by atoms with Gasteiger partial charge in [0.15, 0.2) is 0 Å². The van der Waals surface area contributed by atoms with Gasteiger partial charge in [-0.15, -0.1) is 12.4 Å². The molecule has 0 saturated heterocycles. The Kier molecular flexibility index (Phi) is 7.05. The van der Waals surface area contributed by atoms with Gasteiger partial charge in [-0.25, -0.2) is 0 Å². The quantitative estimate of drug-likeness (QED) is 0.891. The number of hydrogen-bond acceptors (Lipinski definition) is 4. The van der Waals surface area contributed by atoms with Crippen LogP contribution in [-0.4, -0.2) is 28.7 Å². The SMILES string of the molecule is CCc1nnc(C)cc1C(=O)NC1CCCCC1CN.Cl. The second-order valence-corrected chi connectivity index (χ2v) is 5.56. The second kappa shape index (κ2) is 8.29. The molecule has 0 bridgehead atoms. The maximum absolute atomic E-state index is 12.5. The van der Waals surface area contributed by atoms with Gasteiger partial charge in [-0.2, -0.15) is 10.2 Å². The lowest BCUT2D eigenvalue weighted by molar-refractivity contribution is 0.0906. The zero-order valence-electron chi connectivity index (χ0n) is 12.8. The predicted octanol–water partition coefficient (Wildman–Crippen LogP) is 2.02.